The Hall–Kier alpha value is -3.75. The maximum atomic E-state index is 6.42. The monoisotopic (exact) mass is 461 g/mol. The molecule has 0 saturated carbocycles. The number of anilines is 2. The van der Waals surface area contributed by atoms with Gasteiger partial charge >= 0.3 is 0 Å². The molecule has 1 heterocycles. The van der Waals surface area contributed by atoms with Crippen LogP contribution in [-0.2, 0) is 0 Å². The fourth-order valence-electron chi connectivity index (χ4n) is 4.95. The second kappa shape index (κ2) is 8.55. The van der Waals surface area contributed by atoms with Crippen molar-refractivity contribution in [3.05, 3.63) is 126 Å². The maximum Gasteiger partial charge on any atom is 0.159 e. The van der Waals surface area contributed by atoms with E-state index in [9.17, 15) is 0 Å². The second-order valence-corrected chi connectivity index (χ2v) is 9.23. The fraction of sp³-hybridized carbons (Fsp3) is 0.0968. The van der Waals surface area contributed by atoms with Crippen molar-refractivity contribution in [1.82, 2.24) is 0 Å². The summed E-state index contributed by atoms with van der Waals surface area (Å²) in [6, 6.07) is 33.4. The van der Waals surface area contributed by atoms with Gasteiger partial charge in [-0.05, 0) is 53.5 Å². The molecule has 5 aromatic rings. The molecule has 0 bridgehead atoms. The molecule has 3 heteroatoms. The first-order valence-electron chi connectivity index (χ1n) is 11.6. The standard InChI is InChI=1S/C31H24ClNO/c1-21-20-23(22-8-3-2-4-9-22)14-19-28(21)33(25-17-15-24(32)16-18-25)29-12-7-11-27-26-10-5-6-13-30(26)34-31(27)29/h2-21,28H,1H3. The number of hydrogen-bond donors (Lipinski definition) is 0. The van der Waals surface area contributed by atoms with E-state index in [-0.39, 0.29) is 12.0 Å². The topological polar surface area (TPSA) is 16.4 Å². The predicted octanol–water partition coefficient (Wildman–Crippen LogP) is 9.04. The number of allylic oxidation sites excluding steroid dienone is 2. The van der Waals surface area contributed by atoms with Crippen molar-refractivity contribution < 1.29 is 4.42 Å². The zero-order valence-corrected chi connectivity index (χ0v) is 19.6. The molecule has 0 aliphatic heterocycles. The third-order valence-corrected chi connectivity index (χ3v) is 6.86. The van der Waals surface area contributed by atoms with Gasteiger partial charge in [0.2, 0.25) is 0 Å². The van der Waals surface area contributed by atoms with Crippen LogP contribution in [0.15, 0.2) is 120 Å². The average Bonchev–Trinajstić information content (AvgIpc) is 3.26. The van der Waals surface area contributed by atoms with Gasteiger partial charge in [-0.3, -0.25) is 0 Å². The number of hydrogen-bond acceptors (Lipinski definition) is 2. The third-order valence-electron chi connectivity index (χ3n) is 6.61. The van der Waals surface area contributed by atoms with E-state index in [1.165, 1.54) is 11.1 Å². The number of nitrogens with zero attached hydrogens (tertiary/aromatic N) is 1. The van der Waals surface area contributed by atoms with Gasteiger partial charge in [0, 0.05) is 21.5 Å². The Balaban J connectivity index is 1.50. The Labute approximate surface area is 204 Å². The Morgan fingerprint density at radius 3 is 2.29 bits per heavy atom. The summed E-state index contributed by atoms with van der Waals surface area (Å²) in [5.74, 6) is 0.274. The van der Waals surface area contributed by atoms with Crippen molar-refractivity contribution in [2.24, 2.45) is 5.92 Å². The summed E-state index contributed by atoms with van der Waals surface area (Å²) in [4.78, 5) is 2.38. The lowest BCUT2D eigenvalue weighted by Gasteiger charge is -2.36. The number of furan rings is 1. The van der Waals surface area contributed by atoms with Gasteiger partial charge in [0.25, 0.3) is 0 Å². The highest BCUT2D eigenvalue weighted by molar-refractivity contribution is 6.30. The van der Waals surface area contributed by atoms with Crippen LogP contribution in [0, 0.1) is 5.92 Å². The first-order chi connectivity index (χ1) is 16.7. The van der Waals surface area contributed by atoms with Crippen LogP contribution in [0.1, 0.15) is 12.5 Å². The number of halogens is 1. The minimum atomic E-state index is 0.118. The van der Waals surface area contributed by atoms with E-state index in [2.05, 4.69) is 103 Å². The van der Waals surface area contributed by atoms with E-state index in [1.54, 1.807) is 0 Å². The van der Waals surface area contributed by atoms with Crippen molar-refractivity contribution in [3.8, 4) is 0 Å². The molecule has 0 N–H and O–H groups in total. The van der Waals surface area contributed by atoms with Crippen LogP contribution in [0.3, 0.4) is 0 Å². The molecule has 0 saturated heterocycles. The van der Waals surface area contributed by atoms with Gasteiger partial charge in [0.1, 0.15) is 5.58 Å². The molecule has 6 rings (SSSR count). The largest absolute Gasteiger partial charge is 0.454 e. The first-order valence-corrected chi connectivity index (χ1v) is 12.0. The van der Waals surface area contributed by atoms with Crippen molar-refractivity contribution in [2.45, 2.75) is 13.0 Å². The third kappa shape index (κ3) is 3.61. The van der Waals surface area contributed by atoms with Crippen molar-refractivity contribution in [1.29, 1.82) is 0 Å². The van der Waals surface area contributed by atoms with E-state index < -0.39 is 0 Å². The zero-order valence-electron chi connectivity index (χ0n) is 18.9. The van der Waals surface area contributed by atoms with Crippen molar-refractivity contribution in [3.63, 3.8) is 0 Å². The minimum Gasteiger partial charge on any atom is -0.454 e. The van der Waals surface area contributed by atoms with Crippen LogP contribution in [0.4, 0.5) is 11.4 Å². The second-order valence-electron chi connectivity index (χ2n) is 8.80. The predicted molar refractivity (Wildman–Crippen MR) is 144 cm³/mol. The smallest absolute Gasteiger partial charge is 0.159 e. The summed E-state index contributed by atoms with van der Waals surface area (Å²) in [6.45, 7) is 2.28. The Morgan fingerprint density at radius 2 is 1.50 bits per heavy atom. The highest BCUT2D eigenvalue weighted by atomic mass is 35.5. The highest BCUT2D eigenvalue weighted by Crippen LogP contribution is 2.41. The lowest BCUT2D eigenvalue weighted by atomic mass is 9.88. The molecule has 34 heavy (non-hydrogen) atoms. The Bertz CT molecular complexity index is 1530. The molecule has 166 valence electrons. The van der Waals surface area contributed by atoms with E-state index in [1.807, 2.05) is 24.3 Å². The van der Waals surface area contributed by atoms with Gasteiger partial charge in [-0.25, -0.2) is 0 Å². The summed E-state index contributed by atoms with van der Waals surface area (Å²) in [6.07, 6.45) is 6.91. The molecule has 0 radical (unpaired) electrons. The maximum absolute atomic E-state index is 6.42. The van der Waals surface area contributed by atoms with Gasteiger partial charge in [0.15, 0.2) is 5.58 Å². The number of para-hydroxylation sites is 2. The van der Waals surface area contributed by atoms with Crippen LogP contribution in [0.25, 0.3) is 27.5 Å². The van der Waals surface area contributed by atoms with E-state index in [0.29, 0.717) is 0 Å². The van der Waals surface area contributed by atoms with Crippen LogP contribution in [0.2, 0.25) is 5.02 Å². The van der Waals surface area contributed by atoms with E-state index in [4.69, 9.17) is 16.0 Å². The molecule has 2 atom stereocenters. The highest BCUT2D eigenvalue weighted by Gasteiger charge is 2.28. The Morgan fingerprint density at radius 1 is 0.765 bits per heavy atom. The first kappa shape index (κ1) is 20.8. The molecule has 4 aromatic carbocycles. The molecule has 0 spiro atoms. The van der Waals surface area contributed by atoms with Crippen LogP contribution in [0.5, 0.6) is 0 Å². The summed E-state index contributed by atoms with van der Waals surface area (Å²) in [5, 5.41) is 2.98. The molecular weight excluding hydrogens is 438 g/mol. The van der Waals surface area contributed by atoms with Gasteiger partial charge in [-0.1, -0.05) is 97.4 Å². The van der Waals surface area contributed by atoms with Crippen molar-refractivity contribution >= 4 is 50.5 Å². The molecular formula is C31H24ClNO. The van der Waals surface area contributed by atoms with Crippen molar-refractivity contribution in [2.75, 3.05) is 4.90 Å². The zero-order chi connectivity index (χ0) is 23.1. The van der Waals surface area contributed by atoms with Crippen LogP contribution in [-0.4, -0.2) is 6.04 Å². The summed E-state index contributed by atoms with van der Waals surface area (Å²) < 4.78 is 6.42. The van der Waals surface area contributed by atoms with Gasteiger partial charge in [0.05, 0.1) is 11.7 Å². The van der Waals surface area contributed by atoms with E-state index in [0.717, 1.165) is 38.3 Å². The average molecular weight is 462 g/mol. The molecule has 2 nitrogen and oxygen atoms in total. The van der Waals surface area contributed by atoms with E-state index >= 15 is 0 Å². The SMILES string of the molecule is CC1C=C(c2ccccc2)C=CC1N(c1ccc(Cl)cc1)c1cccc2c1oc1ccccc12. The normalized spacial score (nSPS) is 17.8. The lowest BCUT2D eigenvalue weighted by molar-refractivity contribution is 0.606. The molecule has 0 amide bonds. The van der Waals surface area contributed by atoms with Gasteiger partial charge < -0.3 is 9.32 Å². The molecule has 0 fully saturated rings. The summed E-state index contributed by atoms with van der Waals surface area (Å²) >= 11 is 6.25. The molecule has 2 unspecified atom stereocenters. The number of benzene rings is 4. The minimum absolute atomic E-state index is 0.118. The fourth-order valence-corrected chi connectivity index (χ4v) is 5.08. The number of rotatable bonds is 4. The molecule has 1 aromatic heterocycles. The quantitative estimate of drug-likeness (QED) is 0.265. The lowest BCUT2D eigenvalue weighted by Crippen LogP contribution is -2.35. The summed E-state index contributed by atoms with van der Waals surface area (Å²) in [5.41, 5.74) is 6.42. The Kier molecular flexibility index (Phi) is 5.24. The van der Waals surface area contributed by atoms with Gasteiger partial charge in [-0.2, -0.15) is 0 Å². The van der Waals surface area contributed by atoms with Gasteiger partial charge in [-0.15, -0.1) is 0 Å². The summed E-state index contributed by atoms with van der Waals surface area (Å²) in [7, 11) is 0. The van der Waals surface area contributed by atoms with Crippen LogP contribution < -0.4 is 4.90 Å². The number of fused-ring (bicyclic) bond motifs is 3. The molecule has 1 aliphatic carbocycles. The van der Waals surface area contributed by atoms with Crippen LogP contribution >= 0.6 is 11.6 Å². The molecule has 1 aliphatic rings.